The maximum atomic E-state index is 11.0. The van der Waals surface area contributed by atoms with E-state index >= 15 is 0 Å². The van der Waals surface area contributed by atoms with Gasteiger partial charge in [-0.2, -0.15) is 0 Å². The summed E-state index contributed by atoms with van der Waals surface area (Å²) in [7, 11) is 0. The molecule has 2 rings (SSSR count). The monoisotopic (exact) mass is 264 g/mol. The van der Waals surface area contributed by atoms with Gasteiger partial charge in [0.05, 0.1) is 0 Å². The average molecular weight is 264 g/mol. The maximum Gasteiger partial charge on any atom is 0.152 e. The fraction of sp³-hybridized carbons (Fsp3) is 0.211. The first kappa shape index (κ1) is 14.3. The Balaban J connectivity index is 2.25. The van der Waals surface area contributed by atoms with Crippen LogP contribution in [-0.4, -0.2) is 5.78 Å². The second-order valence-electron chi connectivity index (χ2n) is 5.34. The molecule has 0 aliphatic carbocycles. The van der Waals surface area contributed by atoms with E-state index in [-0.39, 0.29) is 5.78 Å². The van der Waals surface area contributed by atoms with Crippen LogP contribution >= 0.6 is 0 Å². The molecule has 0 amide bonds. The van der Waals surface area contributed by atoms with Crippen LogP contribution in [0.3, 0.4) is 0 Å². The van der Waals surface area contributed by atoms with Crippen molar-refractivity contribution >= 4 is 22.6 Å². The van der Waals surface area contributed by atoms with Crippen LogP contribution in [-0.2, 0) is 11.2 Å². The number of ketones is 1. The van der Waals surface area contributed by atoms with Crippen molar-refractivity contribution in [3.8, 4) is 0 Å². The number of carbonyl (C=O) groups excluding carboxylic acids is 1. The molecule has 0 atom stereocenters. The van der Waals surface area contributed by atoms with E-state index in [1.54, 1.807) is 13.0 Å². The van der Waals surface area contributed by atoms with E-state index in [2.05, 4.69) is 43.8 Å². The van der Waals surface area contributed by atoms with Gasteiger partial charge >= 0.3 is 0 Å². The van der Waals surface area contributed by atoms with Crippen molar-refractivity contribution in [1.82, 2.24) is 0 Å². The van der Waals surface area contributed by atoms with Gasteiger partial charge in [0.1, 0.15) is 0 Å². The average Bonchev–Trinajstić information content (AvgIpc) is 2.42. The van der Waals surface area contributed by atoms with Crippen LogP contribution in [0.1, 0.15) is 31.4 Å². The largest absolute Gasteiger partial charge is 0.295 e. The summed E-state index contributed by atoms with van der Waals surface area (Å²) in [6.45, 7) is 7.57. The molecule has 20 heavy (non-hydrogen) atoms. The highest BCUT2D eigenvalue weighted by atomic mass is 16.1. The summed E-state index contributed by atoms with van der Waals surface area (Å²) in [5, 5.41) is 2.44. The number of benzene rings is 2. The highest BCUT2D eigenvalue weighted by molar-refractivity contribution is 5.92. The molecule has 0 aliphatic rings. The molecule has 0 saturated carbocycles. The van der Waals surface area contributed by atoms with Crippen molar-refractivity contribution in [2.45, 2.75) is 26.7 Å². The van der Waals surface area contributed by atoms with Gasteiger partial charge in [0.2, 0.25) is 0 Å². The molecule has 1 heteroatoms. The Morgan fingerprint density at radius 3 is 2.50 bits per heavy atom. The van der Waals surface area contributed by atoms with Crippen LogP contribution in [0.5, 0.6) is 0 Å². The standard InChI is InChI=1S/C19H20O/c1-14(2)4-6-16-8-10-19-13-17(7-5-15(3)20)9-11-18(19)12-16/h5,7-13H,1,4,6H2,2-3H3/b7-5+. The number of allylic oxidation sites excluding steroid dienone is 2. The van der Waals surface area contributed by atoms with Crippen molar-refractivity contribution in [3.63, 3.8) is 0 Å². The lowest BCUT2D eigenvalue weighted by Gasteiger charge is -2.05. The van der Waals surface area contributed by atoms with Crippen LogP contribution in [0.2, 0.25) is 0 Å². The second kappa shape index (κ2) is 6.33. The third kappa shape index (κ3) is 3.92. The van der Waals surface area contributed by atoms with Crippen molar-refractivity contribution in [3.05, 3.63) is 65.8 Å². The minimum absolute atomic E-state index is 0.0697. The SMILES string of the molecule is C=C(C)CCc1ccc2cc(/C=C/C(C)=O)ccc2c1. The first-order chi connectivity index (χ1) is 9.54. The summed E-state index contributed by atoms with van der Waals surface area (Å²) in [4.78, 5) is 11.0. The smallest absolute Gasteiger partial charge is 0.152 e. The maximum absolute atomic E-state index is 11.0. The fourth-order valence-electron chi connectivity index (χ4n) is 2.14. The van der Waals surface area contributed by atoms with Crippen molar-refractivity contribution in [1.29, 1.82) is 0 Å². The third-order valence-electron chi connectivity index (χ3n) is 3.28. The third-order valence-corrected chi connectivity index (χ3v) is 3.28. The zero-order chi connectivity index (χ0) is 14.5. The van der Waals surface area contributed by atoms with E-state index in [1.807, 2.05) is 12.1 Å². The Morgan fingerprint density at radius 1 is 1.10 bits per heavy atom. The predicted molar refractivity (Wildman–Crippen MR) is 86.8 cm³/mol. The summed E-state index contributed by atoms with van der Waals surface area (Å²) in [6, 6.07) is 12.8. The number of hydrogen-bond acceptors (Lipinski definition) is 1. The molecule has 0 saturated heterocycles. The van der Waals surface area contributed by atoms with Gasteiger partial charge in [-0.25, -0.2) is 0 Å². The van der Waals surface area contributed by atoms with Crippen LogP contribution in [0.25, 0.3) is 16.8 Å². The zero-order valence-electron chi connectivity index (χ0n) is 12.1. The molecule has 1 nitrogen and oxygen atoms in total. The second-order valence-corrected chi connectivity index (χ2v) is 5.34. The number of hydrogen-bond donors (Lipinski definition) is 0. The van der Waals surface area contributed by atoms with Crippen LogP contribution < -0.4 is 0 Å². The zero-order valence-corrected chi connectivity index (χ0v) is 12.1. The first-order valence-corrected chi connectivity index (χ1v) is 6.90. The van der Waals surface area contributed by atoms with Crippen molar-refractivity contribution in [2.75, 3.05) is 0 Å². The molecule has 0 N–H and O–H groups in total. The Labute approximate surface area is 120 Å². The quantitative estimate of drug-likeness (QED) is 0.551. The number of aryl methyl sites for hydroxylation is 1. The van der Waals surface area contributed by atoms with Gasteiger partial charge in [-0.3, -0.25) is 4.79 Å². The summed E-state index contributed by atoms with van der Waals surface area (Å²) in [5.41, 5.74) is 3.62. The first-order valence-electron chi connectivity index (χ1n) is 6.90. The topological polar surface area (TPSA) is 17.1 Å². The van der Waals surface area contributed by atoms with Crippen LogP contribution in [0.4, 0.5) is 0 Å². The normalized spacial score (nSPS) is 11.1. The molecular weight excluding hydrogens is 244 g/mol. The molecule has 0 heterocycles. The highest BCUT2D eigenvalue weighted by Gasteiger charge is 1.98. The number of rotatable bonds is 5. The lowest BCUT2D eigenvalue weighted by molar-refractivity contribution is -0.112. The Kier molecular flexibility index (Phi) is 4.52. The highest BCUT2D eigenvalue weighted by Crippen LogP contribution is 2.20. The summed E-state index contributed by atoms with van der Waals surface area (Å²) < 4.78 is 0. The molecule has 0 aromatic heterocycles. The molecule has 102 valence electrons. The van der Waals surface area contributed by atoms with Crippen molar-refractivity contribution in [2.24, 2.45) is 0 Å². The molecule has 0 bridgehead atoms. The molecule has 0 aliphatic heterocycles. The molecular formula is C19H20O. The van der Waals surface area contributed by atoms with Gasteiger partial charge in [-0.1, -0.05) is 42.0 Å². The van der Waals surface area contributed by atoms with E-state index in [0.717, 1.165) is 18.4 Å². The van der Waals surface area contributed by atoms with Gasteiger partial charge in [-0.15, -0.1) is 6.58 Å². The summed E-state index contributed by atoms with van der Waals surface area (Å²) in [5.74, 6) is 0.0697. The van der Waals surface area contributed by atoms with E-state index in [4.69, 9.17) is 0 Å². The minimum atomic E-state index is 0.0697. The van der Waals surface area contributed by atoms with Crippen molar-refractivity contribution < 1.29 is 4.79 Å². The summed E-state index contributed by atoms with van der Waals surface area (Å²) in [6.07, 6.45) is 5.53. The van der Waals surface area contributed by atoms with Gasteiger partial charge in [0, 0.05) is 0 Å². The van der Waals surface area contributed by atoms with Gasteiger partial charge < -0.3 is 0 Å². The lowest BCUT2D eigenvalue weighted by atomic mass is 10.0. The predicted octanol–water partition coefficient (Wildman–Crippen LogP) is 4.95. The van der Waals surface area contributed by atoms with Crippen LogP contribution in [0.15, 0.2) is 54.6 Å². The molecule has 2 aromatic rings. The lowest BCUT2D eigenvalue weighted by Crippen LogP contribution is -1.87. The molecule has 2 aromatic carbocycles. The van der Waals surface area contributed by atoms with Gasteiger partial charge in [0.15, 0.2) is 5.78 Å². The van der Waals surface area contributed by atoms with E-state index in [9.17, 15) is 4.79 Å². The molecule has 0 fully saturated rings. The summed E-state index contributed by atoms with van der Waals surface area (Å²) >= 11 is 0. The van der Waals surface area contributed by atoms with Crippen LogP contribution in [0, 0.1) is 0 Å². The number of fused-ring (bicyclic) bond motifs is 1. The van der Waals surface area contributed by atoms with E-state index in [0.29, 0.717) is 0 Å². The fourth-order valence-corrected chi connectivity index (χ4v) is 2.14. The molecule has 0 unspecified atom stereocenters. The Hall–Kier alpha value is -2.15. The number of carbonyl (C=O) groups is 1. The van der Waals surface area contributed by atoms with E-state index < -0.39 is 0 Å². The minimum Gasteiger partial charge on any atom is -0.295 e. The van der Waals surface area contributed by atoms with E-state index in [1.165, 1.54) is 21.9 Å². The Bertz CT molecular complexity index is 677. The van der Waals surface area contributed by atoms with Gasteiger partial charge in [-0.05, 0) is 60.7 Å². The molecule has 0 spiro atoms. The Morgan fingerprint density at radius 2 is 1.80 bits per heavy atom. The molecule has 0 radical (unpaired) electrons. The van der Waals surface area contributed by atoms with Gasteiger partial charge in [0.25, 0.3) is 0 Å².